The second kappa shape index (κ2) is 10.4. The summed E-state index contributed by atoms with van der Waals surface area (Å²) in [4.78, 5) is 0. The Kier molecular flexibility index (Phi) is 7.98. The van der Waals surface area contributed by atoms with Gasteiger partial charge in [0.15, 0.2) is 0 Å². The molecule has 3 rings (SSSR count). The molecule has 0 fully saturated rings. The smallest absolute Gasteiger partial charge is 0.130 e. The molecular formula is C30H39O3P. The lowest BCUT2D eigenvalue weighted by Gasteiger charge is -2.31. The molecule has 0 amide bonds. The summed E-state index contributed by atoms with van der Waals surface area (Å²) in [5.74, 6) is 2.57. The zero-order valence-electron chi connectivity index (χ0n) is 22.1. The van der Waals surface area contributed by atoms with Gasteiger partial charge in [-0.1, -0.05) is 90.9 Å². The summed E-state index contributed by atoms with van der Waals surface area (Å²) in [6, 6.07) is 18.7. The maximum atomic E-state index is 11.7. The fraction of sp³-hybridized carbons (Fsp3) is 0.400. The minimum atomic E-state index is -1.19. The number of para-hydroxylation sites is 1. The van der Waals surface area contributed by atoms with Gasteiger partial charge in [0.1, 0.15) is 17.2 Å². The van der Waals surface area contributed by atoms with Crippen molar-refractivity contribution in [3.63, 3.8) is 0 Å². The molecule has 3 aromatic rings. The van der Waals surface area contributed by atoms with E-state index in [0.717, 1.165) is 27.7 Å². The first-order valence-electron chi connectivity index (χ1n) is 12.0. The average Bonchev–Trinajstić information content (AvgIpc) is 2.79. The Labute approximate surface area is 206 Å². The van der Waals surface area contributed by atoms with Gasteiger partial charge in [-0.3, -0.25) is 0 Å². The van der Waals surface area contributed by atoms with Crippen molar-refractivity contribution < 1.29 is 14.6 Å². The van der Waals surface area contributed by atoms with Crippen LogP contribution in [0.5, 0.6) is 17.2 Å². The lowest BCUT2D eigenvalue weighted by molar-refractivity contribution is 0.401. The Morgan fingerprint density at radius 1 is 0.706 bits per heavy atom. The van der Waals surface area contributed by atoms with Crippen LogP contribution in [0.25, 0.3) is 0 Å². The molecular weight excluding hydrogens is 439 g/mol. The van der Waals surface area contributed by atoms with Crippen molar-refractivity contribution in [2.45, 2.75) is 65.7 Å². The van der Waals surface area contributed by atoms with E-state index in [4.69, 9.17) is 9.47 Å². The summed E-state index contributed by atoms with van der Waals surface area (Å²) in [5, 5.41) is 15.0. The molecule has 182 valence electrons. The van der Waals surface area contributed by atoms with Gasteiger partial charge >= 0.3 is 0 Å². The molecule has 0 bridgehead atoms. The van der Waals surface area contributed by atoms with Gasteiger partial charge in [-0.15, -0.1) is 0 Å². The quantitative estimate of drug-likeness (QED) is 0.384. The van der Waals surface area contributed by atoms with E-state index in [1.165, 1.54) is 16.4 Å². The minimum Gasteiger partial charge on any atom is -0.507 e. The summed E-state index contributed by atoms with van der Waals surface area (Å²) in [7, 11) is 2.22. The third-order valence-electron chi connectivity index (χ3n) is 6.26. The summed E-state index contributed by atoms with van der Waals surface area (Å²) in [5.41, 5.74) is 3.35. The van der Waals surface area contributed by atoms with E-state index in [-0.39, 0.29) is 5.41 Å². The first-order valence-corrected chi connectivity index (χ1v) is 13.3. The van der Waals surface area contributed by atoms with Crippen LogP contribution in [0.3, 0.4) is 0 Å². The molecule has 3 nitrogen and oxygen atoms in total. The minimum absolute atomic E-state index is 0.190. The van der Waals surface area contributed by atoms with Crippen molar-refractivity contribution in [1.82, 2.24) is 0 Å². The number of phenols is 1. The second-order valence-electron chi connectivity index (χ2n) is 10.4. The summed E-state index contributed by atoms with van der Waals surface area (Å²) in [6.45, 7) is 15.4. The molecule has 3 aromatic carbocycles. The fourth-order valence-electron chi connectivity index (χ4n) is 4.49. The fourth-order valence-corrected chi connectivity index (χ4v) is 7.72. The Morgan fingerprint density at radius 2 is 1.18 bits per heavy atom. The molecule has 0 aliphatic rings. The largest absolute Gasteiger partial charge is 0.507 e. The number of aromatic hydroxyl groups is 1. The normalized spacial score (nSPS) is 12.8. The van der Waals surface area contributed by atoms with Gasteiger partial charge in [-0.2, -0.15) is 0 Å². The van der Waals surface area contributed by atoms with Gasteiger partial charge in [-0.05, 0) is 59.3 Å². The molecule has 0 spiro atoms. The van der Waals surface area contributed by atoms with E-state index in [1.54, 1.807) is 14.2 Å². The molecule has 0 saturated carbocycles. The van der Waals surface area contributed by atoms with Crippen LogP contribution in [0, 0.1) is 0 Å². The Hall–Kier alpha value is -2.51. The van der Waals surface area contributed by atoms with Crippen LogP contribution in [0.15, 0.2) is 54.6 Å². The van der Waals surface area contributed by atoms with Gasteiger partial charge in [0, 0.05) is 5.30 Å². The van der Waals surface area contributed by atoms with Crippen LogP contribution in [0.1, 0.15) is 77.0 Å². The second-order valence-corrected chi connectivity index (χ2v) is 12.4. The van der Waals surface area contributed by atoms with Gasteiger partial charge in [-0.25, -0.2) is 0 Å². The van der Waals surface area contributed by atoms with Gasteiger partial charge in [0.25, 0.3) is 0 Å². The van der Waals surface area contributed by atoms with Crippen LogP contribution in [-0.4, -0.2) is 19.3 Å². The first-order chi connectivity index (χ1) is 16.0. The number of benzene rings is 3. The highest BCUT2D eigenvalue weighted by atomic mass is 31.1. The summed E-state index contributed by atoms with van der Waals surface area (Å²) in [6.07, 6.45) is 0. The number of phenolic OH excluding ortho intramolecular Hbond substituents is 1. The lowest BCUT2D eigenvalue weighted by atomic mass is 9.86. The third kappa shape index (κ3) is 4.96. The van der Waals surface area contributed by atoms with Crippen molar-refractivity contribution in [3.8, 4) is 17.2 Å². The molecule has 0 aliphatic heterocycles. The molecule has 4 heteroatoms. The van der Waals surface area contributed by atoms with E-state index in [1.807, 2.05) is 24.3 Å². The van der Waals surface area contributed by atoms with Crippen molar-refractivity contribution in [3.05, 3.63) is 71.3 Å². The number of rotatable bonds is 7. The van der Waals surface area contributed by atoms with E-state index in [0.29, 0.717) is 17.6 Å². The van der Waals surface area contributed by atoms with Crippen LogP contribution < -0.4 is 25.4 Å². The third-order valence-corrected chi connectivity index (χ3v) is 8.95. The molecule has 0 heterocycles. The predicted octanol–water partition coefficient (Wildman–Crippen LogP) is 6.71. The van der Waals surface area contributed by atoms with Crippen LogP contribution in [-0.2, 0) is 5.41 Å². The molecule has 0 aliphatic carbocycles. The van der Waals surface area contributed by atoms with Crippen LogP contribution >= 0.6 is 7.92 Å². The van der Waals surface area contributed by atoms with Crippen LogP contribution in [0.2, 0.25) is 0 Å². The van der Waals surface area contributed by atoms with E-state index in [2.05, 4.69) is 78.8 Å². The highest BCUT2D eigenvalue weighted by molar-refractivity contribution is 7.80. The van der Waals surface area contributed by atoms with Crippen molar-refractivity contribution in [1.29, 1.82) is 0 Å². The molecule has 0 radical (unpaired) electrons. The Morgan fingerprint density at radius 3 is 1.62 bits per heavy atom. The Balaban J connectivity index is 2.54. The number of hydrogen-bond acceptors (Lipinski definition) is 3. The predicted molar refractivity (Wildman–Crippen MR) is 147 cm³/mol. The van der Waals surface area contributed by atoms with E-state index in [9.17, 15) is 5.11 Å². The molecule has 34 heavy (non-hydrogen) atoms. The summed E-state index contributed by atoms with van der Waals surface area (Å²) >= 11 is 0. The SMILES string of the molecule is COc1cccc(OC)c1P(c1cccc(C(C)(C)C)c1O)c1c(C(C)C)cccc1C(C)C. The lowest BCUT2D eigenvalue weighted by Crippen LogP contribution is -2.30. The van der Waals surface area contributed by atoms with Crippen LogP contribution in [0.4, 0.5) is 0 Å². The highest BCUT2D eigenvalue weighted by Crippen LogP contribution is 2.47. The van der Waals surface area contributed by atoms with Crippen molar-refractivity contribution >= 4 is 23.8 Å². The number of hydrogen-bond donors (Lipinski definition) is 1. The maximum absolute atomic E-state index is 11.7. The summed E-state index contributed by atoms with van der Waals surface area (Å²) < 4.78 is 11.8. The van der Waals surface area contributed by atoms with E-state index >= 15 is 0 Å². The molecule has 0 saturated heterocycles. The topological polar surface area (TPSA) is 38.7 Å². The monoisotopic (exact) mass is 478 g/mol. The zero-order chi connectivity index (χ0) is 25.2. The van der Waals surface area contributed by atoms with Crippen molar-refractivity contribution in [2.24, 2.45) is 0 Å². The molecule has 1 unspecified atom stereocenters. The average molecular weight is 479 g/mol. The van der Waals surface area contributed by atoms with Gasteiger partial charge in [0.05, 0.1) is 19.5 Å². The zero-order valence-corrected chi connectivity index (χ0v) is 23.0. The molecule has 1 atom stereocenters. The van der Waals surface area contributed by atoms with Gasteiger partial charge in [0.2, 0.25) is 0 Å². The standard InChI is InChI=1S/C30H39O3P/c1-19(2)21-13-10-14-22(20(3)4)28(21)34(29-24(32-8)16-12-17-25(29)33-9)26-18-11-15-23(27(26)31)30(5,6)7/h10-20,31H,1-9H3. The maximum Gasteiger partial charge on any atom is 0.130 e. The van der Waals surface area contributed by atoms with Gasteiger partial charge < -0.3 is 14.6 Å². The number of ether oxygens (including phenoxy) is 2. The Bertz CT molecular complexity index is 1090. The van der Waals surface area contributed by atoms with Crippen molar-refractivity contribution in [2.75, 3.05) is 14.2 Å². The highest BCUT2D eigenvalue weighted by Gasteiger charge is 2.33. The molecule has 0 aromatic heterocycles. The molecule has 1 N–H and O–H groups in total. The number of methoxy groups -OCH3 is 2. The first kappa shape index (κ1) is 26.1. The van der Waals surface area contributed by atoms with E-state index < -0.39 is 7.92 Å².